The average molecular weight is 451 g/mol. The number of fused-ring (bicyclic) bond motifs is 1. The second-order valence-corrected chi connectivity index (χ2v) is 9.17. The SMILES string of the molecule is CO[C@@H]([C@@H]1CCCN1)[C@@H](C)C(=O)C[C@@H](Cc1ccccc1)C(=O)N1Cc2ccccc2CO1. The number of methoxy groups -OCH3 is 1. The van der Waals surface area contributed by atoms with Crippen molar-refractivity contribution in [2.24, 2.45) is 11.8 Å². The number of ketones is 1. The summed E-state index contributed by atoms with van der Waals surface area (Å²) in [6.07, 6.45) is 2.57. The van der Waals surface area contributed by atoms with E-state index in [1.54, 1.807) is 7.11 Å². The van der Waals surface area contributed by atoms with Crippen LogP contribution < -0.4 is 5.32 Å². The number of hydrogen-bond donors (Lipinski definition) is 1. The van der Waals surface area contributed by atoms with Crippen LogP contribution in [0, 0.1) is 11.8 Å². The molecular formula is C27H34N2O4. The molecule has 0 radical (unpaired) electrons. The largest absolute Gasteiger partial charge is 0.379 e. The number of hydroxylamine groups is 2. The highest BCUT2D eigenvalue weighted by atomic mass is 16.7. The Morgan fingerprint density at radius 2 is 1.85 bits per heavy atom. The molecule has 1 saturated heterocycles. The Bertz CT molecular complexity index is 942. The predicted molar refractivity (Wildman–Crippen MR) is 126 cm³/mol. The van der Waals surface area contributed by atoms with Crippen LogP contribution in [0.2, 0.25) is 0 Å². The first-order chi connectivity index (χ1) is 16.1. The first-order valence-electron chi connectivity index (χ1n) is 11.9. The van der Waals surface area contributed by atoms with E-state index in [1.807, 2.05) is 61.5 Å². The third-order valence-corrected chi connectivity index (χ3v) is 6.94. The molecule has 33 heavy (non-hydrogen) atoms. The van der Waals surface area contributed by atoms with Gasteiger partial charge in [-0.25, -0.2) is 5.06 Å². The van der Waals surface area contributed by atoms with Crippen LogP contribution in [0.1, 0.15) is 42.9 Å². The lowest BCUT2D eigenvalue weighted by molar-refractivity contribution is -0.205. The molecule has 4 rings (SSSR count). The molecule has 176 valence electrons. The summed E-state index contributed by atoms with van der Waals surface area (Å²) in [5.74, 6) is -0.856. The summed E-state index contributed by atoms with van der Waals surface area (Å²) in [4.78, 5) is 32.8. The Labute approximate surface area is 196 Å². The normalized spacial score (nSPS) is 20.7. The van der Waals surface area contributed by atoms with Gasteiger partial charge < -0.3 is 10.1 Å². The first-order valence-corrected chi connectivity index (χ1v) is 11.9. The lowest BCUT2D eigenvalue weighted by atomic mass is 9.85. The zero-order valence-corrected chi connectivity index (χ0v) is 19.5. The minimum absolute atomic E-state index is 0.0576. The van der Waals surface area contributed by atoms with Gasteiger partial charge >= 0.3 is 0 Å². The maximum atomic E-state index is 13.6. The maximum absolute atomic E-state index is 13.6. The fraction of sp³-hybridized carbons (Fsp3) is 0.481. The summed E-state index contributed by atoms with van der Waals surface area (Å²) in [6, 6.07) is 18.0. The monoisotopic (exact) mass is 450 g/mol. The van der Waals surface area contributed by atoms with Crippen molar-refractivity contribution in [2.45, 2.75) is 57.9 Å². The van der Waals surface area contributed by atoms with Crippen molar-refractivity contribution >= 4 is 11.7 Å². The second kappa shape index (κ2) is 11.1. The van der Waals surface area contributed by atoms with Gasteiger partial charge in [0, 0.05) is 25.5 Å². The molecule has 0 aromatic heterocycles. The standard InChI is InChI=1S/C27H34N2O4/c1-19(26(32-2)24-13-8-14-28-24)25(30)16-23(15-20-9-4-3-5-10-20)27(31)29-17-21-11-6-7-12-22(21)18-33-29/h3-7,9-12,19,23-24,26,28H,8,13-18H2,1-2H3/t19-,23+,24-,26+/m0/s1. The highest BCUT2D eigenvalue weighted by Crippen LogP contribution is 2.26. The van der Waals surface area contributed by atoms with E-state index in [1.165, 1.54) is 5.06 Å². The van der Waals surface area contributed by atoms with Crippen molar-refractivity contribution in [3.05, 3.63) is 71.3 Å². The molecule has 6 nitrogen and oxygen atoms in total. The number of nitrogens with one attached hydrogen (secondary N) is 1. The van der Waals surface area contributed by atoms with Crippen molar-refractivity contribution in [2.75, 3.05) is 13.7 Å². The Hall–Kier alpha value is -2.54. The molecule has 1 amide bonds. The number of rotatable bonds is 9. The van der Waals surface area contributed by atoms with Crippen LogP contribution in [0.25, 0.3) is 0 Å². The van der Waals surface area contributed by atoms with Crippen LogP contribution in [-0.4, -0.2) is 42.6 Å². The summed E-state index contributed by atoms with van der Waals surface area (Å²) < 4.78 is 5.73. The minimum atomic E-state index is -0.485. The van der Waals surface area contributed by atoms with Crippen LogP contribution in [-0.2, 0) is 38.7 Å². The summed E-state index contributed by atoms with van der Waals surface area (Å²) in [6.45, 7) is 3.64. The summed E-state index contributed by atoms with van der Waals surface area (Å²) in [7, 11) is 1.67. The van der Waals surface area contributed by atoms with Crippen molar-refractivity contribution in [1.82, 2.24) is 10.4 Å². The van der Waals surface area contributed by atoms with Gasteiger partial charge in [0.1, 0.15) is 12.4 Å². The first kappa shape index (κ1) is 23.6. The molecule has 2 aliphatic heterocycles. The molecule has 1 N–H and O–H groups in total. The summed E-state index contributed by atoms with van der Waals surface area (Å²) in [5.41, 5.74) is 3.22. The van der Waals surface area contributed by atoms with Gasteiger partial charge in [0.05, 0.1) is 18.6 Å². The van der Waals surface area contributed by atoms with Gasteiger partial charge in [-0.1, -0.05) is 61.5 Å². The lowest BCUT2D eigenvalue weighted by Crippen LogP contribution is -2.44. The fourth-order valence-electron chi connectivity index (χ4n) is 5.01. The summed E-state index contributed by atoms with van der Waals surface area (Å²) in [5, 5.41) is 4.89. The average Bonchev–Trinajstić information content (AvgIpc) is 3.38. The number of Topliss-reactive ketones (excluding diaryl/α,β-unsaturated/α-hetero) is 1. The van der Waals surface area contributed by atoms with Gasteiger partial charge in [-0.05, 0) is 42.5 Å². The highest BCUT2D eigenvalue weighted by molar-refractivity contribution is 5.88. The lowest BCUT2D eigenvalue weighted by Gasteiger charge is -2.32. The van der Waals surface area contributed by atoms with Crippen molar-refractivity contribution in [3.8, 4) is 0 Å². The number of carbonyl (C=O) groups excluding carboxylic acids is 2. The maximum Gasteiger partial charge on any atom is 0.250 e. The van der Waals surface area contributed by atoms with Crippen LogP contribution in [0.4, 0.5) is 0 Å². The Morgan fingerprint density at radius 3 is 2.55 bits per heavy atom. The molecule has 2 aromatic carbocycles. The van der Waals surface area contributed by atoms with Gasteiger partial charge in [0.15, 0.2) is 0 Å². The third-order valence-electron chi connectivity index (χ3n) is 6.94. The molecule has 0 spiro atoms. The van der Waals surface area contributed by atoms with Crippen LogP contribution >= 0.6 is 0 Å². The highest BCUT2D eigenvalue weighted by Gasteiger charge is 2.36. The molecule has 2 aromatic rings. The summed E-state index contributed by atoms with van der Waals surface area (Å²) >= 11 is 0. The van der Waals surface area contributed by atoms with Gasteiger partial charge in [0.25, 0.3) is 0 Å². The zero-order valence-electron chi connectivity index (χ0n) is 19.5. The topological polar surface area (TPSA) is 67.9 Å². The van der Waals surface area contributed by atoms with E-state index in [0.29, 0.717) is 19.6 Å². The third kappa shape index (κ3) is 5.69. The van der Waals surface area contributed by atoms with Crippen molar-refractivity contribution in [1.29, 1.82) is 0 Å². The minimum Gasteiger partial charge on any atom is -0.379 e. The molecular weight excluding hydrogens is 416 g/mol. The van der Waals surface area contributed by atoms with Crippen LogP contribution in [0.3, 0.4) is 0 Å². The fourth-order valence-corrected chi connectivity index (χ4v) is 5.01. The molecule has 0 bridgehead atoms. The number of amides is 1. The Kier molecular flexibility index (Phi) is 7.91. The van der Waals surface area contributed by atoms with E-state index in [2.05, 4.69) is 5.32 Å². The van der Waals surface area contributed by atoms with E-state index in [9.17, 15) is 9.59 Å². The molecule has 6 heteroatoms. The number of benzene rings is 2. The van der Waals surface area contributed by atoms with E-state index < -0.39 is 5.92 Å². The molecule has 2 heterocycles. The molecule has 0 aliphatic carbocycles. The number of ether oxygens (including phenoxy) is 1. The van der Waals surface area contributed by atoms with Gasteiger partial charge in [-0.2, -0.15) is 0 Å². The van der Waals surface area contributed by atoms with Gasteiger partial charge in [-0.3, -0.25) is 14.4 Å². The Balaban J connectivity index is 1.49. The van der Waals surface area contributed by atoms with E-state index in [4.69, 9.17) is 9.57 Å². The number of carbonyl (C=O) groups is 2. The smallest absolute Gasteiger partial charge is 0.250 e. The van der Waals surface area contributed by atoms with E-state index >= 15 is 0 Å². The van der Waals surface area contributed by atoms with Crippen molar-refractivity contribution in [3.63, 3.8) is 0 Å². The molecule has 0 unspecified atom stereocenters. The molecule has 4 atom stereocenters. The van der Waals surface area contributed by atoms with Gasteiger partial charge in [-0.15, -0.1) is 0 Å². The quantitative estimate of drug-likeness (QED) is 0.631. The zero-order chi connectivity index (χ0) is 23.2. The molecule has 2 aliphatic rings. The Morgan fingerprint density at radius 1 is 1.12 bits per heavy atom. The van der Waals surface area contributed by atoms with Crippen molar-refractivity contribution < 1.29 is 19.2 Å². The van der Waals surface area contributed by atoms with E-state index in [-0.39, 0.29) is 36.2 Å². The molecule has 0 saturated carbocycles. The van der Waals surface area contributed by atoms with E-state index in [0.717, 1.165) is 36.1 Å². The number of hydrogen-bond acceptors (Lipinski definition) is 5. The predicted octanol–water partition coefficient (Wildman–Crippen LogP) is 3.68. The molecule has 1 fully saturated rings. The van der Waals surface area contributed by atoms with Crippen LogP contribution in [0.15, 0.2) is 54.6 Å². The van der Waals surface area contributed by atoms with Gasteiger partial charge in [0.2, 0.25) is 5.91 Å². The second-order valence-electron chi connectivity index (χ2n) is 9.17. The number of nitrogens with zero attached hydrogens (tertiary/aromatic N) is 1. The van der Waals surface area contributed by atoms with Crippen LogP contribution in [0.5, 0.6) is 0 Å².